The highest BCUT2D eigenvalue weighted by Crippen LogP contribution is 2.15. The summed E-state index contributed by atoms with van der Waals surface area (Å²) in [6.07, 6.45) is 5.38. The maximum atomic E-state index is 10.1. The minimum atomic E-state index is 0.641. The van der Waals surface area contributed by atoms with Crippen LogP contribution in [0.4, 0.5) is 0 Å². The Morgan fingerprint density at radius 1 is 1.57 bits per heavy atom. The van der Waals surface area contributed by atoms with Crippen molar-refractivity contribution in [2.75, 3.05) is 14.1 Å². The number of hydrogen-bond donors (Lipinski definition) is 0. The first-order chi connectivity index (χ1) is 6.72. The molecule has 0 spiro atoms. The van der Waals surface area contributed by atoms with Crippen LogP contribution < -0.4 is 0 Å². The lowest BCUT2D eigenvalue weighted by molar-refractivity contribution is -0.107. The Labute approximate surface area is 88.8 Å². The SMILES string of the molecule is CN(C)Cc1cnc(CCCC=O)s1. The number of carbonyl (C=O) groups is 1. The zero-order valence-electron chi connectivity index (χ0n) is 8.69. The van der Waals surface area contributed by atoms with Gasteiger partial charge in [0.15, 0.2) is 0 Å². The number of aryl methyl sites for hydroxylation is 1. The third-order valence-electron chi connectivity index (χ3n) is 1.79. The van der Waals surface area contributed by atoms with Gasteiger partial charge in [0.1, 0.15) is 6.29 Å². The fourth-order valence-electron chi connectivity index (χ4n) is 1.18. The first kappa shape index (κ1) is 11.3. The van der Waals surface area contributed by atoms with E-state index in [1.54, 1.807) is 11.3 Å². The number of nitrogens with zero attached hydrogens (tertiary/aromatic N) is 2. The van der Waals surface area contributed by atoms with Crippen molar-refractivity contribution in [2.45, 2.75) is 25.8 Å². The van der Waals surface area contributed by atoms with Crippen LogP contribution >= 0.6 is 11.3 Å². The summed E-state index contributed by atoms with van der Waals surface area (Å²) in [5.74, 6) is 0. The second kappa shape index (κ2) is 5.88. The van der Waals surface area contributed by atoms with Gasteiger partial charge >= 0.3 is 0 Å². The lowest BCUT2D eigenvalue weighted by Gasteiger charge is -2.05. The van der Waals surface area contributed by atoms with E-state index in [1.165, 1.54) is 4.88 Å². The van der Waals surface area contributed by atoms with Crippen LogP contribution in [-0.4, -0.2) is 30.3 Å². The van der Waals surface area contributed by atoms with Gasteiger partial charge in [-0.05, 0) is 26.9 Å². The molecule has 0 N–H and O–H groups in total. The highest BCUT2D eigenvalue weighted by atomic mass is 32.1. The molecule has 1 aromatic heterocycles. The second-order valence-electron chi connectivity index (χ2n) is 3.52. The summed E-state index contributed by atoms with van der Waals surface area (Å²) in [5, 5.41) is 1.14. The van der Waals surface area contributed by atoms with Crippen molar-refractivity contribution < 1.29 is 4.79 Å². The van der Waals surface area contributed by atoms with Crippen LogP contribution in [0.3, 0.4) is 0 Å². The number of aldehydes is 1. The van der Waals surface area contributed by atoms with E-state index in [0.29, 0.717) is 6.42 Å². The monoisotopic (exact) mass is 212 g/mol. The fourth-order valence-corrected chi connectivity index (χ4v) is 2.27. The van der Waals surface area contributed by atoms with Gasteiger partial charge in [-0.2, -0.15) is 0 Å². The molecule has 0 saturated heterocycles. The molecule has 0 aliphatic carbocycles. The number of hydrogen-bond acceptors (Lipinski definition) is 4. The average molecular weight is 212 g/mol. The molecular formula is C10H16N2OS. The molecule has 0 aromatic carbocycles. The Morgan fingerprint density at radius 2 is 2.36 bits per heavy atom. The maximum absolute atomic E-state index is 10.1. The van der Waals surface area contributed by atoms with Crippen LogP contribution in [-0.2, 0) is 17.8 Å². The van der Waals surface area contributed by atoms with E-state index >= 15 is 0 Å². The first-order valence-electron chi connectivity index (χ1n) is 4.74. The number of rotatable bonds is 6. The predicted molar refractivity (Wildman–Crippen MR) is 58.5 cm³/mol. The van der Waals surface area contributed by atoms with Crippen molar-refractivity contribution in [1.29, 1.82) is 0 Å². The van der Waals surface area contributed by atoms with Gasteiger partial charge in [-0.3, -0.25) is 0 Å². The van der Waals surface area contributed by atoms with Crippen LogP contribution in [0.25, 0.3) is 0 Å². The number of carbonyl (C=O) groups excluding carboxylic acids is 1. The van der Waals surface area contributed by atoms with E-state index in [4.69, 9.17) is 0 Å². The fraction of sp³-hybridized carbons (Fsp3) is 0.600. The molecule has 0 fully saturated rings. The molecule has 0 amide bonds. The highest BCUT2D eigenvalue weighted by molar-refractivity contribution is 7.11. The Morgan fingerprint density at radius 3 is 3.00 bits per heavy atom. The minimum Gasteiger partial charge on any atom is -0.304 e. The van der Waals surface area contributed by atoms with Crippen molar-refractivity contribution in [3.8, 4) is 0 Å². The first-order valence-corrected chi connectivity index (χ1v) is 5.56. The van der Waals surface area contributed by atoms with Gasteiger partial charge in [0.05, 0.1) is 5.01 Å². The van der Waals surface area contributed by atoms with Crippen molar-refractivity contribution in [3.05, 3.63) is 16.1 Å². The summed E-state index contributed by atoms with van der Waals surface area (Å²) in [5.41, 5.74) is 0. The van der Waals surface area contributed by atoms with Gasteiger partial charge < -0.3 is 9.69 Å². The molecule has 1 rings (SSSR count). The molecule has 78 valence electrons. The number of thiazole rings is 1. The smallest absolute Gasteiger partial charge is 0.120 e. The summed E-state index contributed by atoms with van der Waals surface area (Å²) in [6, 6.07) is 0. The molecule has 0 radical (unpaired) electrons. The summed E-state index contributed by atoms with van der Waals surface area (Å²) in [7, 11) is 4.09. The molecular weight excluding hydrogens is 196 g/mol. The van der Waals surface area contributed by atoms with Crippen molar-refractivity contribution in [1.82, 2.24) is 9.88 Å². The average Bonchev–Trinajstić information content (AvgIpc) is 2.52. The van der Waals surface area contributed by atoms with E-state index < -0.39 is 0 Å². The van der Waals surface area contributed by atoms with Crippen LogP contribution in [0.2, 0.25) is 0 Å². The molecule has 1 heterocycles. The largest absolute Gasteiger partial charge is 0.304 e. The Kier molecular flexibility index (Phi) is 4.76. The molecule has 14 heavy (non-hydrogen) atoms. The van der Waals surface area contributed by atoms with E-state index in [9.17, 15) is 4.79 Å². The molecule has 0 saturated carbocycles. The van der Waals surface area contributed by atoms with E-state index in [2.05, 4.69) is 9.88 Å². The van der Waals surface area contributed by atoms with Crippen LogP contribution in [0.1, 0.15) is 22.7 Å². The van der Waals surface area contributed by atoms with E-state index in [0.717, 1.165) is 30.7 Å². The molecule has 0 unspecified atom stereocenters. The molecule has 4 heteroatoms. The van der Waals surface area contributed by atoms with Gasteiger partial charge in [0.25, 0.3) is 0 Å². The van der Waals surface area contributed by atoms with Gasteiger partial charge in [-0.15, -0.1) is 11.3 Å². The Bertz CT molecular complexity index is 283. The lowest BCUT2D eigenvalue weighted by Crippen LogP contribution is -2.09. The molecule has 0 atom stereocenters. The summed E-state index contributed by atoms with van der Waals surface area (Å²) >= 11 is 1.74. The standard InChI is InChI=1S/C10H16N2OS/c1-12(2)8-9-7-11-10(14-9)5-3-4-6-13/h6-7H,3-5,8H2,1-2H3. The quantitative estimate of drug-likeness (QED) is 0.532. The summed E-state index contributed by atoms with van der Waals surface area (Å²) in [4.78, 5) is 17.9. The molecule has 0 bridgehead atoms. The third kappa shape index (κ3) is 3.98. The second-order valence-corrected chi connectivity index (χ2v) is 4.72. The topological polar surface area (TPSA) is 33.2 Å². The molecule has 1 aromatic rings. The highest BCUT2D eigenvalue weighted by Gasteiger charge is 2.02. The number of aromatic nitrogens is 1. The van der Waals surface area contributed by atoms with E-state index in [1.807, 2.05) is 20.3 Å². The third-order valence-corrected chi connectivity index (χ3v) is 2.83. The van der Waals surface area contributed by atoms with Gasteiger partial charge in [-0.25, -0.2) is 4.98 Å². The zero-order valence-corrected chi connectivity index (χ0v) is 9.51. The number of unbranched alkanes of at least 4 members (excludes halogenated alkanes) is 1. The van der Waals surface area contributed by atoms with Crippen molar-refractivity contribution in [2.24, 2.45) is 0 Å². The normalized spacial score (nSPS) is 10.8. The molecule has 0 aliphatic heterocycles. The van der Waals surface area contributed by atoms with Gasteiger partial charge in [-0.1, -0.05) is 0 Å². The Hall–Kier alpha value is -0.740. The van der Waals surface area contributed by atoms with Crippen LogP contribution in [0.15, 0.2) is 6.20 Å². The Balaban J connectivity index is 2.38. The van der Waals surface area contributed by atoms with Crippen molar-refractivity contribution in [3.63, 3.8) is 0 Å². The molecule has 3 nitrogen and oxygen atoms in total. The van der Waals surface area contributed by atoms with Crippen molar-refractivity contribution >= 4 is 17.6 Å². The summed E-state index contributed by atoms with van der Waals surface area (Å²) in [6.45, 7) is 0.950. The lowest BCUT2D eigenvalue weighted by atomic mass is 10.3. The van der Waals surface area contributed by atoms with Crippen LogP contribution in [0, 0.1) is 0 Å². The summed E-state index contributed by atoms with van der Waals surface area (Å²) < 4.78 is 0. The van der Waals surface area contributed by atoms with E-state index in [-0.39, 0.29) is 0 Å². The van der Waals surface area contributed by atoms with Gasteiger partial charge in [0.2, 0.25) is 0 Å². The molecule has 0 aliphatic rings. The van der Waals surface area contributed by atoms with Crippen LogP contribution in [0.5, 0.6) is 0 Å². The minimum absolute atomic E-state index is 0.641. The predicted octanol–water partition coefficient (Wildman–Crippen LogP) is 1.73. The zero-order chi connectivity index (χ0) is 10.4. The maximum Gasteiger partial charge on any atom is 0.120 e. The van der Waals surface area contributed by atoms with Gasteiger partial charge in [0, 0.05) is 24.0 Å².